The number of aryl methyl sites for hydroxylation is 1. The normalized spacial score (nSPS) is 23.3. The number of fused-ring (bicyclic) bond motifs is 2. The molecule has 3 aliphatic rings. The lowest BCUT2D eigenvalue weighted by Crippen LogP contribution is -2.52. The van der Waals surface area contributed by atoms with Gasteiger partial charge in [-0.05, 0) is 55.8 Å². The highest BCUT2D eigenvalue weighted by Crippen LogP contribution is 2.42. The largest absolute Gasteiger partial charge is 0.337 e. The molecule has 1 saturated heterocycles. The number of rotatable bonds is 4. The second kappa shape index (κ2) is 7.64. The van der Waals surface area contributed by atoms with E-state index in [2.05, 4.69) is 56.9 Å². The number of likely N-dealkylation sites (tertiary alicyclic amines) is 1. The maximum absolute atomic E-state index is 4.58. The number of piperidine rings is 1. The molecule has 4 nitrogen and oxygen atoms in total. The lowest BCUT2D eigenvalue weighted by molar-refractivity contribution is 0.0850. The summed E-state index contributed by atoms with van der Waals surface area (Å²) < 4.78 is 2.16. The second-order valence-corrected chi connectivity index (χ2v) is 9.49. The molecule has 0 atom stereocenters. The first-order valence-electron chi connectivity index (χ1n) is 11.2. The van der Waals surface area contributed by atoms with Crippen LogP contribution in [0.25, 0.3) is 0 Å². The van der Waals surface area contributed by atoms with Gasteiger partial charge in [-0.2, -0.15) is 0 Å². The molecule has 0 amide bonds. The molecule has 2 fully saturated rings. The van der Waals surface area contributed by atoms with Crippen LogP contribution in [0.15, 0.2) is 36.7 Å². The Morgan fingerprint density at radius 2 is 1.86 bits per heavy atom. The average Bonchev–Trinajstić information content (AvgIpc) is 3.36. The van der Waals surface area contributed by atoms with E-state index < -0.39 is 0 Å². The van der Waals surface area contributed by atoms with Gasteiger partial charge in [0.25, 0.3) is 0 Å². The molecule has 1 aliphatic carbocycles. The van der Waals surface area contributed by atoms with E-state index in [9.17, 15) is 0 Å². The SMILES string of the molecule is Cn1ccnc1CN1Cc2ccccc2C2(CCN(CC3CCCC3)CC2)C1. The van der Waals surface area contributed by atoms with E-state index in [-0.39, 0.29) is 0 Å². The zero-order valence-corrected chi connectivity index (χ0v) is 17.3. The van der Waals surface area contributed by atoms with E-state index in [1.165, 1.54) is 76.1 Å². The quantitative estimate of drug-likeness (QED) is 0.805. The number of benzene rings is 1. The number of imidazole rings is 1. The van der Waals surface area contributed by atoms with E-state index >= 15 is 0 Å². The van der Waals surface area contributed by atoms with E-state index in [1.807, 2.05) is 6.20 Å². The summed E-state index contributed by atoms with van der Waals surface area (Å²) in [5.74, 6) is 2.14. The highest BCUT2D eigenvalue weighted by atomic mass is 15.2. The van der Waals surface area contributed by atoms with Crippen molar-refractivity contribution in [3.8, 4) is 0 Å². The number of hydrogen-bond acceptors (Lipinski definition) is 3. The summed E-state index contributed by atoms with van der Waals surface area (Å²) in [5.41, 5.74) is 3.49. The van der Waals surface area contributed by atoms with Gasteiger partial charge in [-0.15, -0.1) is 0 Å². The van der Waals surface area contributed by atoms with Crippen molar-refractivity contribution in [3.05, 3.63) is 53.6 Å². The molecule has 2 aliphatic heterocycles. The van der Waals surface area contributed by atoms with Gasteiger partial charge in [0.1, 0.15) is 5.82 Å². The third-order valence-electron chi connectivity index (χ3n) is 7.60. The standard InChI is InChI=1S/C24H34N4/c1-26-15-12-25-23(26)18-28-17-21-8-4-5-9-22(21)24(19-28)10-13-27(14-11-24)16-20-6-2-3-7-20/h4-5,8-9,12,15,20H,2-3,6-7,10-11,13-14,16-19H2,1H3. The van der Waals surface area contributed by atoms with E-state index in [1.54, 1.807) is 5.56 Å². The van der Waals surface area contributed by atoms with Gasteiger partial charge in [0.15, 0.2) is 0 Å². The third-order valence-corrected chi connectivity index (χ3v) is 7.60. The van der Waals surface area contributed by atoms with Crippen molar-refractivity contribution in [2.24, 2.45) is 13.0 Å². The number of nitrogens with zero attached hydrogens (tertiary/aromatic N) is 4. The molecule has 0 bridgehead atoms. The molecule has 4 heteroatoms. The summed E-state index contributed by atoms with van der Waals surface area (Å²) in [6.45, 7) is 7.05. The minimum absolute atomic E-state index is 0.326. The van der Waals surface area contributed by atoms with Gasteiger partial charge in [-0.25, -0.2) is 4.98 Å². The topological polar surface area (TPSA) is 24.3 Å². The van der Waals surface area contributed by atoms with Crippen LogP contribution in [0.3, 0.4) is 0 Å². The van der Waals surface area contributed by atoms with E-state index in [4.69, 9.17) is 0 Å². The molecule has 28 heavy (non-hydrogen) atoms. The Bertz CT molecular complexity index is 796. The summed E-state index contributed by atoms with van der Waals surface area (Å²) in [6.07, 6.45) is 12.4. The van der Waals surface area contributed by atoms with Gasteiger partial charge in [0.2, 0.25) is 0 Å². The van der Waals surface area contributed by atoms with Crippen molar-refractivity contribution in [3.63, 3.8) is 0 Å². The molecule has 0 N–H and O–H groups in total. The van der Waals surface area contributed by atoms with Gasteiger partial charge in [0, 0.05) is 44.5 Å². The Kier molecular flexibility index (Phi) is 5.02. The van der Waals surface area contributed by atoms with Gasteiger partial charge in [0.05, 0.1) is 6.54 Å². The highest BCUT2D eigenvalue weighted by Gasteiger charge is 2.42. The Labute approximate surface area is 169 Å². The lowest BCUT2D eigenvalue weighted by atomic mass is 9.68. The maximum atomic E-state index is 4.58. The van der Waals surface area contributed by atoms with Crippen LogP contribution in [0.1, 0.15) is 55.5 Å². The summed E-state index contributed by atoms with van der Waals surface area (Å²) in [7, 11) is 2.11. The zero-order chi connectivity index (χ0) is 19.0. The van der Waals surface area contributed by atoms with Crippen LogP contribution in [-0.4, -0.2) is 45.5 Å². The molecule has 1 aromatic heterocycles. The molecule has 1 spiro atoms. The van der Waals surface area contributed by atoms with Crippen molar-refractivity contribution in [1.82, 2.24) is 19.4 Å². The predicted octanol–water partition coefficient (Wildman–Crippen LogP) is 3.96. The smallest absolute Gasteiger partial charge is 0.122 e. The van der Waals surface area contributed by atoms with Gasteiger partial charge < -0.3 is 9.47 Å². The molecule has 1 saturated carbocycles. The minimum Gasteiger partial charge on any atom is -0.337 e. The molecule has 1 aromatic carbocycles. The van der Waals surface area contributed by atoms with Gasteiger partial charge in [-0.1, -0.05) is 37.1 Å². The van der Waals surface area contributed by atoms with Crippen LogP contribution >= 0.6 is 0 Å². The first kappa shape index (κ1) is 18.4. The van der Waals surface area contributed by atoms with Crippen LogP contribution in [0.2, 0.25) is 0 Å². The number of hydrogen-bond donors (Lipinski definition) is 0. The van der Waals surface area contributed by atoms with E-state index in [0.29, 0.717) is 5.41 Å². The molecular formula is C24H34N4. The average molecular weight is 379 g/mol. The maximum Gasteiger partial charge on any atom is 0.122 e. The van der Waals surface area contributed by atoms with Crippen molar-refractivity contribution < 1.29 is 0 Å². The molecule has 0 radical (unpaired) electrons. The fourth-order valence-electron chi connectivity index (χ4n) is 6.00. The van der Waals surface area contributed by atoms with Crippen LogP contribution in [0, 0.1) is 5.92 Å². The fraction of sp³-hybridized carbons (Fsp3) is 0.625. The Balaban J connectivity index is 1.33. The molecule has 150 valence electrons. The summed E-state index contributed by atoms with van der Waals surface area (Å²) in [6, 6.07) is 9.23. The monoisotopic (exact) mass is 378 g/mol. The van der Waals surface area contributed by atoms with Crippen LogP contribution in [0.5, 0.6) is 0 Å². The first-order valence-corrected chi connectivity index (χ1v) is 11.2. The predicted molar refractivity (Wildman–Crippen MR) is 113 cm³/mol. The van der Waals surface area contributed by atoms with E-state index in [0.717, 1.165) is 19.0 Å². The Morgan fingerprint density at radius 1 is 1.07 bits per heavy atom. The van der Waals surface area contributed by atoms with Crippen LogP contribution in [-0.2, 0) is 25.6 Å². The zero-order valence-electron chi connectivity index (χ0n) is 17.3. The van der Waals surface area contributed by atoms with Crippen molar-refractivity contribution in [1.29, 1.82) is 0 Å². The Morgan fingerprint density at radius 3 is 2.61 bits per heavy atom. The molecule has 2 aromatic rings. The highest BCUT2D eigenvalue weighted by molar-refractivity contribution is 5.38. The molecule has 3 heterocycles. The summed E-state index contributed by atoms with van der Waals surface area (Å²) in [5, 5.41) is 0. The summed E-state index contributed by atoms with van der Waals surface area (Å²) in [4.78, 5) is 9.98. The summed E-state index contributed by atoms with van der Waals surface area (Å²) >= 11 is 0. The number of aromatic nitrogens is 2. The fourth-order valence-corrected chi connectivity index (χ4v) is 6.00. The van der Waals surface area contributed by atoms with Crippen LogP contribution < -0.4 is 0 Å². The first-order chi connectivity index (χ1) is 13.7. The minimum atomic E-state index is 0.326. The van der Waals surface area contributed by atoms with Gasteiger partial charge >= 0.3 is 0 Å². The van der Waals surface area contributed by atoms with Crippen LogP contribution in [0.4, 0.5) is 0 Å². The lowest BCUT2D eigenvalue weighted by Gasteiger charge is -2.49. The van der Waals surface area contributed by atoms with Crippen molar-refractivity contribution >= 4 is 0 Å². The third kappa shape index (κ3) is 3.53. The van der Waals surface area contributed by atoms with Crippen molar-refractivity contribution in [2.45, 2.75) is 57.0 Å². The molecule has 0 unspecified atom stereocenters. The molecular weight excluding hydrogens is 344 g/mol. The van der Waals surface area contributed by atoms with Crippen molar-refractivity contribution in [2.75, 3.05) is 26.2 Å². The van der Waals surface area contributed by atoms with Gasteiger partial charge in [-0.3, -0.25) is 4.90 Å². The Hall–Kier alpha value is -1.65. The molecule has 5 rings (SSSR count). The second-order valence-electron chi connectivity index (χ2n) is 9.49.